The highest BCUT2D eigenvalue weighted by Crippen LogP contribution is 2.29. The summed E-state index contributed by atoms with van der Waals surface area (Å²) in [4.78, 5) is 27.1. The Morgan fingerprint density at radius 3 is 2.91 bits per heavy atom. The molecule has 23 heavy (non-hydrogen) atoms. The van der Waals surface area contributed by atoms with Crippen molar-refractivity contribution in [3.05, 3.63) is 54.4 Å². The van der Waals surface area contributed by atoms with Gasteiger partial charge in [0.15, 0.2) is 0 Å². The van der Waals surface area contributed by atoms with E-state index >= 15 is 0 Å². The minimum absolute atomic E-state index is 0.0561. The van der Waals surface area contributed by atoms with Gasteiger partial charge in [-0.1, -0.05) is 12.1 Å². The van der Waals surface area contributed by atoms with E-state index in [1.165, 1.54) is 6.20 Å². The first-order valence-corrected chi connectivity index (χ1v) is 7.70. The summed E-state index contributed by atoms with van der Waals surface area (Å²) in [6.07, 6.45) is 5.56. The maximum Gasteiger partial charge on any atom is 0.274 e. The van der Waals surface area contributed by atoms with Crippen LogP contribution >= 0.6 is 0 Å². The molecule has 0 N–H and O–H groups in total. The number of amides is 1. The van der Waals surface area contributed by atoms with E-state index in [9.17, 15) is 4.79 Å². The van der Waals surface area contributed by atoms with Crippen LogP contribution in [0.4, 0.5) is 0 Å². The third-order valence-corrected chi connectivity index (χ3v) is 4.44. The summed E-state index contributed by atoms with van der Waals surface area (Å²) < 4.78 is 2.14. The molecule has 6 nitrogen and oxygen atoms in total. The van der Waals surface area contributed by atoms with Crippen molar-refractivity contribution >= 4 is 16.9 Å². The number of imidazole rings is 1. The first-order valence-electron chi connectivity index (χ1n) is 7.70. The van der Waals surface area contributed by atoms with Gasteiger partial charge >= 0.3 is 0 Å². The number of likely N-dealkylation sites (tertiary alicyclic amines) is 1. The van der Waals surface area contributed by atoms with Gasteiger partial charge in [-0.15, -0.1) is 0 Å². The highest BCUT2D eigenvalue weighted by atomic mass is 16.2. The summed E-state index contributed by atoms with van der Waals surface area (Å²) in [5.74, 6) is 1.24. The minimum Gasteiger partial charge on any atom is -0.337 e. The maximum atomic E-state index is 12.5. The molecule has 1 amide bonds. The number of nitrogens with zero attached hydrogens (tertiary/aromatic N) is 5. The summed E-state index contributed by atoms with van der Waals surface area (Å²) in [5.41, 5.74) is 2.53. The Hall–Kier alpha value is -2.76. The average Bonchev–Trinajstić information content (AvgIpc) is 3.20. The van der Waals surface area contributed by atoms with Gasteiger partial charge in [0, 0.05) is 38.4 Å². The van der Waals surface area contributed by atoms with Crippen LogP contribution in [0, 0.1) is 0 Å². The molecule has 0 spiro atoms. The van der Waals surface area contributed by atoms with Crippen molar-refractivity contribution in [1.82, 2.24) is 24.4 Å². The number of benzene rings is 1. The van der Waals surface area contributed by atoms with E-state index in [0.29, 0.717) is 12.2 Å². The standard InChI is InChI=1S/C17H17N5O/c1-21-15-5-3-2-4-13(15)20-16(21)12-6-9-22(11-12)17(23)14-10-18-7-8-19-14/h2-5,7-8,10,12H,6,9,11H2,1H3. The van der Waals surface area contributed by atoms with Gasteiger partial charge in [0.25, 0.3) is 5.91 Å². The van der Waals surface area contributed by atoms with E-state index in [1.54, 1.807) is 12.4 Å². The van der Waals surface area contributed by atoms with Crippen LogP contribution in [0.1, 0.15) is 28.7 Å². The van der Waals surface area contributed by atoms with Crippen molar-refractivity contribution in [3.8, 4) is 0 Å². The minimum atomic E-state index is -0.0561. The zero-order valence-electron chi connectivity index (χ0n) is 12.9. The number of aryl methyl sites for hydroxylation is 1. The summed E-state index contributed by atoms with van der Waals surface area (Å²) in [6.45, 7) is 1.40. The number of carbonyl (C=O) groups is 1. The van der Waals surface area contributed by atoms with Gasteiger partial charge in [-0.3, -0.25) is 9.78 Å². The van der Waals surface area contributed by atoms with Gasteiger partial charge in [-0.2, -0.15) is 0 Å². The molecule has 4 rings (SSSR count). The van der Waals surface area contributed by atoms with Crippen molar-refractivity contribution < 1.29 is 4.79 Å². The molecule has 0 bridgehead atoms. The molecule has 1 aromatic carbocycles. The smallest absolute Gasteiger partial charge is 0.274 e. The van der Waals surface area contributed by atoms with Crippen molar-refractivity contribution in [2.45, 2.75) is 12.3 Å². The first-order chi connectivity index (χ1) is 11.2. The van der Waals surface area contributed by atoms with E-state index in [2.05, 4.69) is 20.6 Å². The third-order valence-electron chi connectivity index (χ3n) is 4.44. The van der Waals surface area contributed by atoms with Gasteiger partial charge in [0.1, 0.15) is 11.5 Å². The molecule has 2 aromatic heterocycles. The molecule has 1 unspecified atom stereocenters. The lowest BCUT2D eigenvalue weighted by Crippen LogP contribution is -2.29. The lowest BCUT2D eigenvalue weighted by Gasteiger charge is -2.15. The first kappa shape index (κ1) is 13.9. The molecule has 1 aliphatic heterocycles. The predicted octanol–water partition coefficient (Wildman–Crippen LogP) is 1.99. The SMILES string of the molecule is Cn1c(C2CCN(C(=O)c3cnccn3)C2)nc2ccccc21. The monoisotopic (exact) mass is 307 g/mol. The predicted molar refractivity (Wildman–Crippen MR) is 86.0 cm³/mol. The number of carbonyl (C=O) groups excluding carboxylic acids is 1. The Balaban J connectivity index is 1.58. The second-order valence-electron chi connectivity index (χ2n) is 5.85. The molecule has 116 valence electrons. The van der Waals surface area contributed by atoms with E-state index in [0.717, 1.165) is 29.8 Å². The molecule has 1 saturated heterocycles. The van der Waals surface area contributed by atoms with Gasteiger partial charge < -0.3 is 9.47 Å². The van der Waals surface area contributed by atoms with Gasteiger partial charge in [0.05, 0.1) is 17.2 Å². The van der Waals surface area contributed by atoms with Crippen molar-refractivity contribution in [2.75, 3.05) is 13.1 Å². The third kappa shape index (κ3) is 2.36. The Kier molecular flexibility index (Phi) is 3.29. The number of aromatic nitrogens is 4. The number of hydrogen-bond acceptors (Lipinski definition) is 4. The fourth-order valence-corrected chi connectivity index (χ4v) is 3.26. The number of fused-ring (bicyclic) bond motifs is 1. The average molecular weight is 307 g/mol. The normalized spacial score (nSPS) is 17.8. The number of hydrogen-bond donors (Lipinski definition) is 0. The largest absolute Gasteiger partial charge is 0.337 e. The lowest BCUT2D eigenvalue weighted by molar-refractivity contribution is 0.0784. The second-order valence-corrected chi connectivity index (χ2v) is 5.85. The van der Waals surface area contributed by atoms with Crippen molar-refractivity contribution in [3.63, 3.8) is 0 Å². The van der Waals surface area contributed by atoms with Crippen LogP contribution in [0.3, 0.4) is 0 Å². The fraction of sp³-hybridized carbons (Fsp3) is 0.294. The zero-order chi connectivity index (χ0) is 15.8. The summed E-state index contributed by atoms with van der Waals surface area (Å²) in [7, 11) is 2.04. The van der Waals surface area contributed by atoms with Crippen molar-refractivity contribution in [2.24, 2.45) is 7.05 Å². The highest BCUT2D eigenvalue weighted by Gasteiger charge is 2.31. The number of para-hydroxylation sites is 2. The molecule has 0 radical (unpaired) electrons. The van der Waals surface area contributed by atoms with Crippen LogP contribution in [0.5, 0.6) is 0 Å². The molecule has 0 saturated carbocycles. The Morgan fingerprint density at radius 2 is 2.13 bits per heavy atom. The summed E-state index contributed by atoms with van der Waals surface area (Å²) >= 11 is 0. The van der Waals surface area contributed by atoms with E-state index < -0.39 is 0 Å². The fourth-order valence-electron chi connectivity index (χ4n) is 3.26. The molecule has 1 fully saturated rings. The Bertz CT molecular complexity index is 858. The van der Waals surface area contributed by atoms with Crippen molar-refractivity contribution in [1.29, 1.82) is 0 Å². The highest BCUT2D eigenvalue weighted by molar-refractivity contribution is 5.92. The maximum absolute atomic E-state index is 12.5. The molecule has 1 atom stereocenters. The molecule has 6 heteroatoms. The van der Waals surface area contributed by atoms with E-state index in [1.807, 2.05) is 30.1 Å². The van der Waals surface area contributed by atoms with Crippen LogP contribution in [-0.2, 0) is 7.05 Å². The summed E-state index contributed by atoms with van der Waals surface area (Å²) in [6, 6.07) is 8.11. The van der Waals surface area contributed by atoms with Crippen LogP contribution in [0.25, 0.3) is 11.0 Å². The van der Waals surface area contributed by atoms with Crippen LogP contribution in [0.15, 0.2) is 42.9 Å². The molecule has 3 heterocycles. The second kappa shape index (κ2) is 5.46. The van der Waals surface area contributed by atoms with E-state index in [4.69, 9.17) is 4.98 Å². The number of rotatable bonds is 2. The van der Waals surface area contributed by atoms with Crippen LogP contribution in [0.2, 0.25) is 0 Å². The molecular formula is C17H17N5O. The van der Waals surface area contributed by atoms with E-state index in [-0.39, 0.29) is 11.8 Å². The van der Waals surface area contributed by atoms with Gasteiger partial charge in [-0.25, -0.2) is 9.97 Å². The van der Waals surface area contributed by atoms with Crippen LogP contribution < -0.4 is 0 Å². The zero-order valence-corrected chi connectivity index (χ0v) is 12.9. The van der Waals surface area contributed by atoms with Gasteiger partial charge in [0.2, 0.25) is 0 Å². The lowest BCUT2D eigenvalue weighted by atomic mass is 10.1. The topological polar surface area (TPSA) is 63.9 Å². The molecular weight excluding hydrogens is 290 g/mol. The molecule has 0 aliphatic carbocycles. The molecule has 1 aliphatic rings. The quantitative estimate of drug-likeness (QED) is 0.726. The Labute approximate surface area is 133 Å². The van der Waals surface area contributed by atoms with Gasteiger partial charge in [-0.05, 0) is 18.6 Å². The molecule has 3 aromatic rings. The Morgan fingerprint density at radius 1 is 1.26 bits per heavy atom. The summed E-state index contributed by atoms with van der Waals surface area (Å²) in [5, 5.41) is 0. The van der Waals surface area contributed by atoms with Crippen LogP contribution in [-0.4, -0.2) is 43.4 Å².